The van der Waals surface area contributed by atoms with E-state index in [4.69, 9.17) is 17.3 Å². The first-order valence-corrected chi connectivity index (χ1v) is 7.03. The highest BCUT2D eigenvalue weighted by atomic mass is 79.9. The molecule has 1 aromatic carbocycles. The van der Waals surface area contributed by atoms with Gasteiger partial charge in [0.25, 0.3) is 5.56 Å². The van der Waals surface area contributed by atoms with Crippen LogP contribution in [0.2, 0.25) is 5.02 Å². The van der Waals surface area contributed by atoms with E-state index in [0.29, 0.717) is 21.7 Å². The maximum absolute atomic E-state index is 11.9. The largest absolute Gasteiger partial charge is 0.398 e. The van der Waals surface area contributed by atoms with Gasteiger partial charge in [0.05, 0.1) is 11.0 Å². The predicted molar refractivity (Wildman–Crippen MR) is 81.1 cm³/mol. The van der Waals surface area contributed by atoms with Crippen LogP contribution < -0.4 is 11.3 Å². The molecular weight excluding hydrogens is 383 g/mol. The lowest BCUT2D eigenvalue weighted by Gasteiger charge is -2.10. The first kappa shape index (κ1) is 13.6. The Morgan fingerprint density at radius 3 is 2.67 bits per heavy atom. The van der Waals surface area contributed by atoms with Gasteiger partial charge in [-0.25, -0.2) is 0 Å². The van der Waals surface area contributed by atoms with Gasteiger partial charge in [-0.05, 0) is 55.6 Å². The number of hydrogen-bond donors (Lipinski definition) is 1. The fourth-order valence-electron chi connectivity index (χ4n) is 1.58. The van der Waals surface area contributed by atoms with E-state index in [2.05, 4.69) is 31.9 Å². The zero-order chi connectivity index (χ0) is 13.3. The van der Waals surface area contributed by atoms with Crippen molar-refractivity contribution < 1.29 is 0 Å². The monoisotopic (exact) mass is 390 g/mol. The first-order valence-electron chi connectivity index (χ1n) is 5.07. The lowest BCUT2D eigenvalue weighted by molar-refractivity contribution is 0.753. The number of hydrogen-bond acceptors (Lipinski definition) is 2. The Bertz CT molecular complexity index is 655. The third-order valence-electron chi connectivity index (χ3n) is 2.46. The Labute approximate surface area is 126 Å². The summed E-state index contributed by atoms with van der Waals surface area (Å²) in [5, 5.41) is 0.582. The van der Waals surface area contributed by atoms with Crippen molar-refractivity contribution in [3.8, 4) is 0 Å². The van der Waals surface area contributed by atoms with Crippen LogP contribution in [-0.2, 0) is 6.54 Å². The highest BCUT2D eigenvalue weighted by Gasteiger charge is 2.06. The molecule has 3 nitrogen and oxygen atoms in total. The molecule has 0 unspecified atom stereocenters. The van der Waals surface area contributed by atoms with Gasteiger partial charge >= 0.3 is 0 Å². The molecule has 2 N–H and O–H groups in total. The molecule has 0 radical (unpaired) electrons. The molecule has 0 atom stereocenters. The van der Waals surface area contributed by atoms with Gasteiger partial charge in [-0.1, -0.05) is 17.7 Å². The number of nitrogens with two attached hydrogens (primary N) is 1. The number of nitrogen functional groups attached to an aromatic ring is 1. The van der Waals surface area contributed by atoms with Gasteiger partial charge < -0.3 is 10.3 Å². The van der Waals surface area contributed by atoms with Crippen molar-refractivity contribution in [3.63, 3.8) is 0 Å². The molecule has 1 heterocycles. The number of rotatable bonds is 2. The second kappa shape index (κ2) is 5.47. The number of halogens is 3. The van der Waals surface area contributed by atoms with Crippen molar-refractivity contribution >= 4 is 49.1 Å². The van der Waals surface area contributed by atoms with E-state index in [1.54, 1.807) is 29.0 Å². The van der Waals surface area contributed by atoms with Gasteiger partial charge in [-0.15, -0.1) is 0 Å². The summed E-state index contributed by atoms with van der Waals surface area (Å²) in [7, 11) is 0. The summed E-state index contributed by atoms with van der Waals surface area (Å²) in [6, 6.07) is 6.96. The number of anilines is 1. The third-order valence-corrected chi connectivity index (χ3v) is 3.69. The molecular formula is C12H9Br2ClN2O. The van der Waals surface area contributed by atoms with Crippen LogP contribution in [0.5, 0.6) is 0 Å². The SMILES string of the molecule is Nc1cc(Cl)ccc1Cn1cc(Br)cc(Br)c1=O. The van der Waals surface area contributed by atoms with Crippen molar-refractivity contribution in [2.75, 3.05) is 5.73 Å². The minimum Gasteiger partial charge on any atom is -0.398 e. The lowest BCUT2D eigenvalue weighted by Crippen LogP contribution is -2.21. The van der Waals surface area contributed by atoms with Gasteiger partial charge in [-0.2, -0.15) is 0 Å². The van der Waals surface area contributed by atoms with E-state index in [0.717, 1.165) is 10.0 Å². The van der Waals surface area contributed by atoms with Gasteiger partial charge in [-0.3, -0.25) is 4.79 Å². The Morgan fingerprint density at radius 2 is 2.00 bits per heavy atom. The second-order valence-electron chi connectivity index (χ2n) is 3.78. The maximum Gasteiger partial charge on any atom is 0.265 e. The summed E-state index contributed by atoms with van der Waals surface area (Å²) in [6.07, 6.45) is 1.72. The van der Waals surface area contributed by atoms with Crippen LogP contribution in [-0.4, -0.2) is 4.57 Å². The first-order chi connectivity index (χ1) is 8.47. The highest BCUT2D eigenvalue weighted by Crippen LogP contribution is 2.20. The van der Waals surface area contributed by atoms with E-state index >= 15 is 0 Å². The molecule has 0 bridgehead atoms. The minimum absolute atomic E-state index is 0.104. The molecule has 6 heteroatoms. The Kier molecular flexibility index (Phi) is 4.14. The van der Waals surface area contributed by atoms with Crippen LogP contribution in [0.15, 0.2) is 44.2 Å². The van der Waals surface area contributed by atoms with Crippen LogP contribution >= 0.6 is 43.5 Å². The normalized spacial score (nSPS) is 10.6. The van der Waals surface area contributed by atoms with Crippen LogP contribution in [0.4, 0.5) is 5.69 Å². The summed E-state index contributed by atoms with van der Waals surface area (Å²) in [6.45, 7) is 0.403. The van der Waals surface area contributed by atoms with Gasteiger partial charge in [0, 0.05) is 21.4 Å². The van der Waals surface area contributed by atoms with Crippen LogP contribution in [0.3, 0.4) is 0 Å². The molecule has 0 spiro atoms. The van der Waals surface area contributed by atoms with E-state index in [1.807, 2.05) is 6.07 Å². The molecule has 0 amide bonds. The topological polar surface area (TPSA) is 48.0 Å². The fraction of sp³-hybridized carbons (Fsp3) is 0.0833. The summed E-state index contributed by atoms with van der Waals surface area (Å²) < 4.78 is 2.90. The number of nitrogens with zero attached hydrogens (tertiary/aromatic N) is 1. The summed E-state index contributed by atoms with van der Waals surface area (Å²) in [4.78, 5) is 11.9. The Morgan fingerprint density at radius 1 is 1.28 bits per heavy atom. The molecule has 2 rings (SSSR count). The standard InChI is InChI=1S/C12H9Br2ClN2O/c13-8-3-10(14)12(18)17(6-8)5-7-1-2-9(15)4-11(7)16/h1-4,6H,5,16H2. The van der Waals surface area contributed by atoms with Gasteiger partial charge in [0.15, 0.2) is 0 Å². The Balaban J connectivity index is 2.43. The summed E-state index contributed by atoms with van der Waals surface area (Å²) in [5.41, 5.74) is 7.20. The molecule has 0 aliphatic carbocycles. The molecule has 0 saturated heterocycles. The van der Waals surface area contributed by atoms with E-state index in [9.17, 15) is 4.79 Å². The Hall–Kier alpha value is -0.780. The minimum atomic E-state index is -0.104. The zero-order valence-corrected chi connectivity index (χ0v) is 13.1. The molecule has 0 saturated carbocycles. The van der Waals surface area contributed by atoms with E-state index < -0.39 is 0 Å². The third kappa shape index (κ3) is 2.96. The predicted octanol–water partition coefficient (Wildman–Crippen LogP) is 3.66. The van der Waals surface area contributed by atoms with Gasteiger partial charge in [0.1, 0.15) is 0 Å². The highest BCUT2D eigenvalue weighted by molar-refractivity contribution is 9.11. The number of aromatic nitrogens is 1. The van der Waals surface area contributed by atoms with Crippen molar-refractivity contribution in [3.05, 3.63) is 60.3 Å². The second-order valence-corrected chi connectivity index (χ2v) is 5.99. The van der Waals surface area contributed by atoms with Crippen molar-refractivity contribution in [1.29, 1.82) is 0 Å². The molecule has 18 heavy (non-hydrogen) atoms. The van der Waals surface area contributed by atoms with E-state index in [-0.39, 0.29) is 5.56 Å². The van der Waals surface area contributed by atoms with Crippen molar-refractivity contribution in [2.45, 2.75) is 6.54 Å². The smallest absolute Gasteiger partial charge is 0.265 e. The quantitative estimate of drug-likeness (QED) is 0.793. The maximum atomic E-state index is 11.9. The molecule has 2 aromatic rings. The zero-order valence-electron chi connectivity index (χ0n) is 9.16. The summed E-state index contributed by atoms with van der Waals surface area (Å²) >= 11 is 12.4. The van der Waals surface area contributed by atoms with Crippen molar-refractivity contribution in [2.24, 2.45) is 0 Å². The van der Waals surface area contributed by atoms with Crippen LogP contribution in [0.1, 0.15) is 5.56 Å². The summed E-state index contributed by atoms with van der Waals surface area (Å²) in [5.74, 6) is 0. The van der Waals surface area contributed by atoms with Gasteiger partial charge in [0.2, 0.25) is 0 Å². The fourth-order valence-corrected chi connectivity index (χ4v) is 3.01. The molecule has 0 aliphatic heterocycles. The molecule has 1 aromatic heterocycles. The molecule has 94 valence electrons. The average molecular weight is 392 g/mol. The lowest BCUT2D eigenvalue weighted by atomic mass is 10.2. The number of pyridine rings is 1. The van der Waals surface area contributed by atoms with Crippen LogP contribution in [0, 0.1) is 0 Å². The van der Waals surface area contributed by atoms with Crippen LogP contribution in [0.25, 0.3) is 0 Å². The number of benzene rings is 1. The molecule has 0 fully saturated rings. The molecule has 0 aliphatic rings. The van der Waals surface area contributed by atoms with E-state index in [1.165, 1.54) is 0 Å². The van der Waals surface area contributed by atoms with Crippen molar-refractivity contribution in [1.82, 2.24) is 4.57 Å². The average Bonchev–Trinajstić information content (AvgIpc) is 2.29.